The van der Waals surface area contributed by atoms with E-state index in [0.717, 1.165) is 24.2 Å². The maximum absolute atomic E-state index is 12.3. The Labute approximate surface area is 119 Å². The predicted octanol–water partition coefficient (Wildman–Crippen LogP) is 1.80. The molecule has 0 fully saturated rings. The first kappa shape index (κ1) is 16.2. The summed E-state index contributed by atoms with van der Waals surface area (Å²) in [6.45, 7) is 2.90. The molecule has 0 aliphatic heterocycles. The number of carbonyl (C=O) groups is 2. The van der Waals surface area contributed by atoms with Crippen molar-refractivity contribution in [3.63, 3.8) is 0 Å². The zero-order valence-corrected chi connectivity index (χ0v) is 12.1. The second-order valence-electron chi connectivity index (χ2n) is 4.68. The number of amides is 1. The summed E-state index contributed by atoms with van der Waals surface area (Å²) < 4.78 is 0. The van der Waals surface area contributed by atoms with E-state index in [1.807, 2.05) is 38.2 Å². The summed E-state index contributed by atoms with van der Waals surface area (Å²) in [6.07, 6.45) is 1.10. The number of anilines is 1. The highest BCUT2D eigenvalue weighted by Crippen LogP contribution is 2.20. The molecule has 0 saturated heterocycles. The Morgan fingerprint density at radius 3 is 2.55 bits per heavy atom. The van der Waals surface area contributed by atoms with Crippen LogP contribution in [0.25, 0.3) is 0 Å². The van der Waals surface area contributed by atoms with Crippen LogP contribution in [0.1, 0.15) is 24.8 Å². The Balaban J connectivity index is 2.82. The molecule has 2 N–H and O–H groups in total. The van der Waals surface area contributed by atoms with Gasteiger partial charge in [-0.1, -0.05) is 18.2 Å². The van der Waals surface area contributed by atoms with E-state index < -0.39 is 5.97 Å². The standard InChI is InChI=1S/C15H22N2O3/c1-12-6-3-4-7-13(12)17(11-9-15(19)20)14(18)8-5-10-16-2/h3-4,6-7,16H,5,8-11H2,1-2H3,(H,19,20). The van der Waals surface area contributed by atoms with Gasteiger partial charge in [-0.2, -0.15) is 0 Å². The van der Waals surface area contributed by atoms with Crippen LogP contribution in [0.3, 0.4) is 0 Å². The van der Waals surface area contributed by atoms with Gasteiger partial charge in [0.25, 0.3) is 0 Å². The molecule has 1 aromatic carbocycles. The average Bonchev–Trinajstić information content (AvgIpc) is 2.41. The maximum Gasteiger partial charge on any atom is 0.305 e. The molecule has 5 nitrogen and oxygen atoms in total. The summed E-state index contributed by atoms with van der Waals surface area (Å²) in [4.78, 5) is 24.6. The zero-order chi connectivity index (χ0) is 15.0. The molecule has 1 rings (SSSR count). The van der Waals surface area contributed by atoms with Gasteiger partial charge in [-0.25, -0.2) is 0 Å². The van der Waals surface area contributed by atoms with Crippen molar-refractivity contribution >= 4 is 17.6 Å². The van der Waals surface area contributed by atoms with Crippen molar-refractivity contribution in [1.29, 1.82) is 0 Å². The van der Waals surface area contributed by atoms with E-state index in [2.05, 4.69) is 5.32 Å². The molecule has 0 bridgehead atoms. The molecule has 0 aromatic heterocycles. The molecule has 0 unspecified atom stereocenters. The Kier molecular flexibility index (Phi) is 6.73. The largest absolute Gasteiger partial charge is 0.481 e. The maximum atomic E-state index is 12.3. The average molecular weight is 278 g/mol. The molecule has 0 aliphatic rings. The first-order valence-electron chi connectivity index (χ1n) is 6.78. The number of aliphatic carboxylic acids is 1. The van der Waals surface area contributed by atoms with Crippen molar-refractivity contribution in [2.45, 2.75) is 26.2 Å². The highest BCUT2D eigenvalue weighted by molar-refractivity contribution is 5.94. The SMILES string of the molecule is CNCCCC(=O)N(CCC(=O)O)c1ccccc1C. The summed E-state index contributed by atoms with van der Waals surface area (Å²) in [5.41, 5.74) is 1.77. The summed E-state index contributed by atoms with van der Waals surface area (Å²) in [6, 6.07) is 7.54. The predicted molar refractivity (Wildman–Crippen MR) is 78.9 cm³/mol. The van der Waals surface area contributed by atoms with Gasteiger partial charge in [0.05, 0.1) is 6.42 Å². The molecule has 0 aliphatic carbocycles. The van der Waals surface area contributed by atoms with Crippen LogP contribution in [0.5, 0.6) is 0 Å². The Bertz CT molecular complexity index is 460. The first-order valence-corrected chi connectivity index (χ1v) is 6.78. The third-order valence-corrected chi connectivity index (χ3v) is 3.07. The lowest BCUT2D eigenvalue weighted by molar-refractivity contribution is -0.136. The van der Waals surface area contributed by atoms with Crippen LogP contribution in [-0.2, 0) is 9.59 Å². The van der Waals surface area contributed by atoms with Gasteiger partial charge in [0, 0.05) is 18.7 Å². The van der Waals surface area contributed by atoms with Crippen LogP contribution in [-0.4, -0.2) is 37.1 Å². The van der Waals surface area contributed by atoms with Crippen LogP contribution in [0.2, 0.25) is 0 Å². The summed E-state index contributed by atoms with van der Waals surface area (Å²) in [5, 5.41) is 11.8. The normalized spacial score (nSPS) is 10.3. The molecule has 0 radical (unpaired) electrons. The molecule has 0 heterocycles. The molecule has 5 heteroatoms. The summed E-state index contributed by atoms with van der Waals surface area (Å²) >= 11 is 0. The van der Waals surface area contributed by atoms with Gasteiger partial charge < -0.3 is 15.3 Å². The van der Waals surface area contributed by atoms with Crippen molar-refractivity contribution in [3.05, 3.63) is 29.8 Å². The van der Waals surface area contributed by atoms with E-state index in [1.54, 1.807) is 4.90 Å². The van der Waals surface area contributed by atoms with Gasteiger partial charge in [-0.3, -0.25) is 9.59 Å². The third kappa shape index (κ3) is 5.01. The second-order valence-corrected chi connectivity index (χ2v) is 4.68. The number of hydrogen-bond acceptors (Lipinski definition) is 3. The molecule has 0 saturated carbocycles. The van der Waals surface area contributed by atoms with E-state index in [1.165, 1.54) is 0 Å². The van der Waals surface area contributed by atoms with E-state index in [9.17, 15) is 9.59 Å². The Morgan fingerprint density at radius 1 is 1.25 bits per heavy atom. The number of rotatable bonds is 8. The lowest BCUT2D eigenvalue weighted by Gasteiger charge is -2.24. The fourth-order valence-corrected chi connectivity index (χ4v) is 2.00. The number of carbonyl (C=O) groups excluding carboxylic acids is 1. The van der Waals surface area contributed by atoms with Gasteiger partial charge in [-0.05, 0) is 38.6 Å². The topological polar surface area (TPSA) is 69.6 Å². The Morgan fingerprint density at radius 2 is 1.95 bits per heavy atom. The van der Waals surface area contributed by atoms with E-state index in [4.69, 9.17) is 5.11 Å². The van der Waals surface area contributed by atoms with E-state index >= 15 is 0 Å². The minimum absolute atomic E-state index is 0.0317. The number of nitrogens with zero attached hydrogens (tertiary/aromatic N) is 1. The quantitative estimate of drug-likeness (QED) is 0.711. The van der Waals surface area contributed by atoms with E-state index in [0.29, 0.717) is 6.42 Å². The molecular weight excluding hydrogens is 256 g/mol. The zero-order valence-electron chi connectivity index (χ0n) is 12.1. The van der Waals surface area contributed by atoms with Crippen molar-refractivity contribution in [1.82, 2.24) is 5.32 Å². The van der Waals surface area contributed by atoms with Gasteiger partial charge in [-0.15, -0.1) is 0 Å². The van der Waals surface area contributed by atoms with Gasteiger partial charge in [0.15, 0.2) is 0 Å². The van der Waals surface area contributed by atoms with Crippen molar-refractivity contribution < 1.29 is 14.7 Å². The van der Waals surface area contributed by atoms with Gasteiger partial charge in [0.1, 0.15) is 0 Å². The van der Waals surface area contributed by atoms with Crippen LogP contribution in [0.4, 0.5) is 5.69 Å². The van der Waals surface area contributed by atoms with Gasteiger partial charge in [0.2, 0.25) is 5.91 Å². The van der Waals surface area contributed by atoms with Crippen LogP contribution in [0.15, 0.2) is 24.3 Å². The molecule has 110 valence electrons. The number of hydrogen-bond donors (Lipinski definition) is 2. The molecule has 1 aromatic rings. The number of para-hydroxylation sites is 1. The first-order chi connectivity index (χ1) is 9.56. The number of carboxylic acids is 1. The fourth-order valence-electron chi connectivity index (χ4n) is 2.00. The van der Waals surface area contributed by atoms with Crippen LogP contribution < -0.4 is 10.2 Å². The number of benzene rings is 1. The van der Waals surface area contributed by atoms with Gasteiger partial charge >= 0.3 is 5.97 Å². The van der Waals surface area contributed by atoms with Crippen molar-refractivity contribution in [3.8, 4) is 0 Å². The van der Waals surface area contributed by atoms with E-state index in [-0.39, 0.29) is 18.9 Å². The summed E-state index contributed by atoms with van der Waals surface area (Å²) in [5.74, 6) is -0.928. The lowest BCUT2D eigenvalue weighted by Crippen LogP contribution is -2.33. The molecular formula is C15H22N2O3. The van der Waals surface area contributed by atoms with Crippen molar-refractivity contribution in [2.75, 3.05) is 25.0 Å². The summed E-state index contributed by atoms with van der Waals surface area (Å²) in [7, 11) is 1.84. The third-order valence-electron chi connectivity index (χ3n) is 3.07. The number of nitrogens with one attached hydrogen (secondary N) is 1. The van der Waals surface area contributed by atoms with Crippen LogP contribution >= 0.6 is 0 Å². The fraction of sp³-hybridized carbons (Fsp3) is 0.467. The van der Waals surface area contributed by atoms with Crippen molar-refractivity contribution in [2.24, 2.45) is 0 Å². The monoisotopic (exact) mass is 278 g/mol. The minimum Gasteiger partial charge on any atom is -0.481 e. The lowest BCUT2D eigenvalue weighted by atomic mass is 10.1. The number of aryl methyl sites for hydroxylation is 1. The van der Waals surface area contributed by atoms with Crippen LogP contribution in [0, 0.1) is 6.92 Å². The molecule has 0 atom stereocenters. The highest BCUT2D eigenvalue weighted by Gasteiger charge is 2.17. The second kappa shape index (κ2) is 8.32. The highest BCUT2D eigenvalue weighted by atomic mass is 16.4. The Hall–Kier alpha value is -1.88. The molecule has 1 amide bonds. The molecule has 20 heavy (non-hydrogen) atoms. The minimum atomic E-state index is -0.897. The number of carboxylic acid groups (broad SMARTS) is 1. The smallest absolute Gasteiger partial charge is 0.305 e. The molecule has 0 spiro atoms.